The fraction of sp³-hybridized carbons (Fsp3) is 0.182. The summed E-state index contributed by atoms with van der Waals surface area (Å²) in [7, 11) is 3.13. The van der Waals surface area contributed by atoms with E-state index < -0.39 is 5.91 Å². The lowest BCUT2D eigenvalue weighted by molar-refractivity contribution is 0.0950. The third kappa shape index (κ3) is 5.32. The van der Waals surface area contributed by atoms with E-state index in [0.717, 1.165) is 17.8 Å². The third-order valence-electron chi connectivity index (χ3n) is 4.18. The zero-order valence-electron chi connectivity index (χ0n) is 17.0. The number of rotatable bonds is 8. The van der Waals surface area contributed by atoms with Crippen molar-refractivity contribution in [1.29, 1.82) is 0 Å². The van der Waals surface area contributed by atoms with E-state index in [1.165, 1.54) is 12.4 Å². The molecular weight excluding hydrogens is 382 g/mol. The first-order valence-corrected chi connectivity index (χ1v) is 9.35. The van der Waals surface area contributed by atoms with Crippen molar-refractivity contribution in [3.8, 4) is 22.8 Å². The minimum absolute atomic E-state index is 0.170. The van der Waals surface area contributed by atoms with Gasteiger partial charge in [-0.15, -0.1) is 0 Å². The van der Waals surface area contributed by atoms with Crippen LogP contribution in [0.25, 0.3) is 11.3 Å². The summed E-state index contributed by atoms with van der Waals surface area (Å²) in [6.45, 7) is 2.88. The Morgan fingerprint density at radius 2 is 1.77 bits per heavy atom. The van der Waals surface area contributed by atoms with Crippen LogP contribution in [0.1, 0.15) is 23.0 Å². The molecule has 0 saturated carbocycles. The van der Waals surface area contributed by atoms with Crippen molar-refractivity contribution in [1.82, 2.24) is 15.4 Å². The molecule has 154 valence electrons. The maximum Gasteiger partial charge on any atom is 0.291 e. The highest BCUT2D eigenvalue weighted by Gasteiger charge is 2.09. The van der Waals surface area contributed by atoms with E-state index in [9.17, 15) is 4.79 Å². The Hall–Kier alpha value is -3.94. The van der Waals surface area contributed by atoms with Crippen LogP contribution >= 0.6 is 0 Å². The first-order valence-electron chi connectivity index (χ1n) is 9.35. The fourth-order valence-corrected chi connectivity index (χ4v) is 2.70. The van der Waals surface area contributed by atoms with Gasteiger partial charge < -0.3 is 14.8 Å². The molecule has 0 atom stereocenters. The van der Waals surface area contributed by atoms with Gasteiger partial charge in [0.1, 0.15) is 17.2 Å². The molecule has 8 heteroatoms. The molecule has 0 fully saturated rings. The molecule has 3 rings (SSSR count). The van der Waals surface area contributed by atoms with Crippen molar-refractivity contribution >= 4 is 17.8 Å². The van der Waals surface area contributed by atoms with Crippen molar-refractivity contribution in [2.75, 3.05) is 26.1 Å². The summed E-state index contributed by atoms with van der Waals surface area (Å²) in [5, 5.41) is 7.23. The summed E-state index contributed by atoms with van der Waals surface area (Å²) < 4.78 is 10.4. The summed E-state index contributed by atoms with van der Waals surface area (Å²) in [6, 6.07) is 13.1. The van der Waals surface area contributed by atoms with Gasteiger partial charge in [-0.3, -0.25) is 9.78 Å². The number of amides is 1. The van der Waals surface area contributed by atoms with Crippen molar-refractivity contribution in [3.05, 3.63) is 66.1 Å². The molecule has 0 unspecified atom stereocenters. The van der Waals surface area contributed by atoms with Crippen LogP contribution in [0.4, 0.5) is 5.69 Å². The molecule has 0 aliphatic carbocycles. The first kappa shape index (κ1) is 20.8. The van der Waals surface area contributed by atoms with Crippen molar-refractivity contribution in [2.24, 2.45) is 5.10 Å². The largest absolute Gasteiger partial charge is 0.497 e. The quantitative estimate of drug-likeness (QED) is 0.441. The molecule has 30 heavy (non-hydrogen) atoms. The predicted octanol–water partition coefficient (Wildman–Crippen LogP) is 3.36. The molecule has 8 nitrogen and oxygen atoms in total. The second kappa shape index (κ2) is 10.0. The molecule has 1 heterocycles. The van der Waals surface area contributed by atoms with Crippen LogP contribution in [0.15, 0.2) is 60.0 Å². The number of hydrogen-bond donors (Lipinski definition) is 2. The predicted molar refractivity (Wildman–Crippen MR) is 116 cm³/mol. The second-order valence-corrected chi connectivity index (χ2v) is 6.24. The maximum absolute atomic E-state index is 12.4. The number of benzene rings is 2. The van der Waals surface area contributed by atoms with Gasteiger partial charge in [-0.05, 0) is 31.2 Å². The standard InChI is InChI=1S/C22H23N5O3/c1-4-24-17-7-5-16(6-8-17)20-13-23-14-21(26-20)22(28)27-25-12-15-9-18(29-2)11-19(10-15)30-3/h5-14,24H,4H2,1-3H3,(H,27,28)/b25-12+. The summed E-state index contributed by atoms with van der Waals surface area (Å²) in [5.74, 6) is 0.793. The second-order valence-electron chi connectivity index (χ2n) is 6.24. The smallest absolute Gasteiger partial charge is 0.291 e. The monoisotopic (exact) mass is 405 g/mol. The minimum atomic E-state index is -0.459. The highest BCUT2D eigenvalue weighted by Crippen LogP contribution is 2.21. The van der Waals surface area contributed by atoms with Crippen LogP contribution in [0, 0.1) is 0 Å². The molecule has 3 aromatic rings. The number of hydrazone groups is 1. The normalized spacial score (nSPS) is 10.6. The van der Waals surface area contributed by atoms with Crippen LogP contribution < -0.4 is 20.2 Å². The molecule has 2 aromatic carbocycles. The lowest BCUT2D eigenvalue weighted by Gasteiger charge is -2.06. The molecule has 0 radical (unpaired) electrons. The van der Waals surface area contributed by atoms with Crippen molar-refractivity contribution in [3.63, 3.8) is 0 Å². The van der Waals surface area contributed by atoms with E-state index in [1.54, 1.807) is 38.6 Å². The summed E-state index contributed by atoms with van der Waals surface area (Å²) in [6.07, 6.45) is 4.51. The van der Waals surface area contributed by atoms with Crippen molar-refractivity contribution < 1.29 is 14.3 Å². The van der Waals surface area contributed by atoms with Crippen LogP contribution in [0.2, 0.25) is 0 Å². The fourth-order valence-electron chi connectivity index (χ4n) is 2.70. The van der Waals surface area contributed by atoms with Gasteiger partial charge in [0.05, 0.1) is 38.5 Å². The number of carbonyl (C=O) groups is 1. The number of methoxy groups -OCH3 is 2. The number of anilines is 1. The number of ether oxygens (including phenoxy) is 2. The van der Waals surface area contributed by atoms with Crippen molar-refractivity contribution in [2.45, 2.75) is 6.92 Å². The highest BCUT2D eigenvalue weighted by atomic mass is 16.5. The Kier molecular flexibility index (Phi) is 6.94. The van der Waals surface area contributed by atoms with E-state index in [4.69, 9.17) is 9.47 Å². The van der Waals surface area contributed by atoms with Gasteiger partial charge in [-0.25, -0.2) is 10.4 Å². The Morgan fingerprint density at radius 3 is 2.40 bits per heavy atom. The topological polar surface area (TPSA) is 97.7 Å². The summed E-state index contributed by atoms with van der Waals surface area (Å²) in [4.78, 5) is 20.9. The van der Waals surface area contributed by atoms with Gasteiger partial charge in [-0.1, -0.05) is 12.1 Å². The van der Waals surface area contributed by atoms with Crippen LogP contribution in [0.3, 0.4) is 0 Å². The SMILES string of the molecule is CCNc1ccc(-c2cncc(C(=O)N/N=C/c3cc(OC)cc(OC)c3)n2)cc1. The van der Waals surface area contributed by atoms with E-state index in [1.807, 2.05) is 31.2 Å². The zero-order chi connectivity index (χ0) is 21.3. The Bertz CT molecular complexity index is 1010. The third-order valence-corrected chi connectivity index (χ3v) is 4.18. The number of hydrogen-bond acceptors (Lipinski definition) is 7. The van der Waals surface area contributed by atoms with Gasteiger partial charge >= 0.3 is 0 Å². The van der Waals surface area contributed by atoms with Gasteiger partial charge in [0.2, 0.25) is 0 Å². The molecule has 0 aliphatic rings. The van der Waals surface area contributed by atoms with E-state index >= 15 is 0 Å². The Morgan fingerprint density at radius 1 is 1.07 bits per heavy atom. The first-order chi connectivity index (χ1) is 14.6. The average molecular weight is 405 g/mol. The summed E-state index contributed by atoms with van der Waals surface area (Å²) >= 11 is 0. The Labute approximate surface area is 175 Å². The average Bonchev–Trinajstić information content (AvgIpc) is 2.79. The van der Waals surface area contributed by atoms with Crippen LogP contribution in [-0.2, 0) is 0 Å². The lowest BCUT2D eigenvalue weighted by Crippen LogP contribution is -2.19. The minimum Gasteiger partial charge on any atom is -0.497 e. The van der Waals surface area contributed by atoms with E-state index in [-0.39, 0.29) is 5.69 Å². The number of aromatic nitrogens is 2. The molecular formula is C22H23N5O3. The number of nitrogens with one attached hydrogen (secondary N) is 2. The molecule has 0 bridgehead atoms. The van der Waals surface area contributed by atoms with Gasteiger partial charge in [0.25, 0.3) is 5.91 Å². The van der Waals surface area contributed by atoms with Gasteiger partial charge in [-0.2, -0.15) is 5.10 Å². The van der Waals surface area contributed by atoms with Crippen LogP contribution in [-0.4, -0.2) is 42.9 Å². The Balaban J connectivity index is 1.70. The molecule has 1 amide bonds. The van der Waals surface area contributed by atoms with E-state index in [0.29, 0.717) is 22.8 Å². The highest BCUT2D eigenvalue weighted by molar-refractivity contribution is 5.93. The maximum atomic E-state index is 12.4. The van der Waals surface area contributed by atoms with Crippen LogP contribution in [0.5, 0.6) is 11.5 Å². The molecule has 2 N–H and O–H groups in total. The molecule has 0 aliphatic heterocycles. The lowest BCUT2D eigenvalue weighted by atomic mass is 10.1. The van der Waals surface area contributed by atoms with Gasteiger partial charge in [0, 0.05) is 29.4 Å². The van der Waals surface area contributed by atoms with E-state index in [2.05, 4.69) is 25.8 Å². The van der Waals surface area contributed by atoms with Gasteiger partial charge in [0.15, 0.2) is 0 Å². The molecule has 1 aromatic heterocycles. The molecule has 0 saturated heterocycles. The summed E-state index contributed by atoms with van der Waals surface area (Å²) in [5.41, 5.74) is 5.84. The number of nitrogens with zero attached hydrogens (tertiary/aromatic N) is 3. The molecule has 0 spiro atoms. The zero-order valence-corrected chi connectivity index (χ0v) is 17.0. The number of carbonyl (C=O) groups excluding carboxylic acids is 1.